The molecule has 8 heteroatoms. The third-order valence-corrected chi connectivity index (χ3v) is 5.03. The first-order chi connectivity index (χ1) is 10.1. The van der Waals surface area contributed by atoms with Crippen LogP contribution in [0.1, 0.15) is 13.3 Å². The van der Waals surface area contributed by atoms with Crippen LogP contribution in [0.2, 0.25) is 0 Å². The van der Waals surface area contributed by atoms with Crippen molar-refractivity contribution in [2.45, 2.75) is 24.3 Å². The fraction of sp³-hybridized carbons (Fsp3) is 0.538. The number of aromatic nitrogens is 1. The van der Waals surface area contributed by atoms with E-state index in [9.17, 15) is 8.42 Å². The molecule has 7 nitrogen and oxygen atoms in total. The van der Waals surface area contributed by atoms with Crippen LogP contribution < -0.4 is 5.32 Å². The van der Waals surface area contributed by atoms with E-state index in [4.69, 9.17) is 10.00 Å². The van der Waals surface area contributed by atoms with Crippen molar-refractivity contribution in [2.75, 3.05) is 31.6 Å². The molecular formula is C13H18N4O3S. The molecular weight excluding hydrogens is 292 g/mol. The first kappa shape index (κ1) is 15.7. The zero-order chi connectivity index (χ0) is 15.3. The maximum Gasteiger partial charge on any atom is 0.246 e. The molecule has 1 aliphatic heterocycles. The lowest BCUT2D eigenvalue weighted by molar-refractivity contribution is 0.0311. The van der Waals surface area contributed by atoms with Crippen LogP contribution >= 0.6 is 0 Å². The topological polar surface area (TPSA) is 95.3 Å². The molecule has 21 heavy (non-hydrogen) atoms. The Bertz CT molecular complexity index is 627. The molecule has 2 heterocycles. The minimum atomic E-state index is -3.69. The zero-order valence-corrected chi connectivity index (χ0v) is 12.6. The van der Waals surface area contributed by atoms with Crippen molar-refractivity contribution in [1.29, 1.82) is 5.26 Å². The third kappa shape index (κ3) is 3.50. The van der Waals surface area contributed by atoms with E-state index in [-0.39, 0.29) is 24.6 Å². The molecule has 0 bridgehead atoms. The molecule has 0 aliphatic carbocycles. The van der Waals surface area contributed by atoms with E-state index in [0.29, 0.717) is 12.2 Å². The Morgan fingerprint density at radius 3 is 3.14 bits per heavy atom. The van der Waals surface area contributed by atoms with Gasteiger partial charge in [-0.3, -0.25) is 4.98 Å². The van der Waals surface area contributed by atoms with E-state index in [0.717, 1.165) is 6.42 Å². The fourth-order valence-corrected chi connectivity index (χ4v) is 3.59. The number of sulfonamides is 1. The highest BCUT2D eigenvalue weighted by molar-refractivity contribution is 7.89. The average Bonchev–Trinajstić information content (AvgIpc) is 2.53. The summed E-state index contributed by atoms with van der Waals surface area (Å²) in [6.45, 7) is 3.18. The summed E-state index contributed by atoms with van der Waals surface area (Å²) in [4.78, 5) is 4.05. The highest BCUT2D eigenvalue weighted by atomic mass is 32.2. The maximum atomic E-state index is 12.7. The Morgan fingerprint density at radius 1 is 1.62 bits per heavy atom. The summed E-state index contributed by atoms with van der Waals surface area (Å²) >= 11 is 0. The van der Waals surface area contributed by atoms with Crippen molar-refractivity contribution in [3.05, 3.63) is 18.5 Å². The van der Waals surface area contributed by atoms with Crippen LogP contribution in [-0.4, -0.2) is 50.1 Å². The number of morpholine rings is 1. The van der Waals surface area contributed by atoms with Gasteiger partial charge < -0.3 is 10.1 Å². The largest absolute Gasteiger partial charge is 0.384 e. The summed E-state index contributed by atoms with van der Waals surface area (Å²) in [5.74, 6) is 0. The van der Waals surface area contributed by atoms with Crippen LogP contribution in [0.5, 0.6) is 0 Å². The monoisotopic (exact) mass is 310 g/mol. The van der Waals surface area contributed by atoms with E-state index in [1.54, 1.807) is 12.3 Å². The molecule has 0 saturated carbocycles. The quantitative estimate of drug-likeness (QED) is 0.865. The summed E-state index contributed by atoms with van der Waals surface area (Å²) < 4.78 is 31.9. The number of ether oxygens (including phenoxy) is 1. The second-order valence-corrected chi connectivity index (χ2v) is 6.56. The van der Waals surface area contributed by atoms with Crippen LogP contribution in [0.25, 0.3) is 0 Å². The summed E-state index contributed by atoms with van der Waals surface area (Å²) in [5, 5.41) is 12.0. The van der Waals surface area contributed by atoms with Gasteiger partial charge in [0.25, 0.3) is 0 Å². The average molecular weight is 310 g/mol. The smallest absolute Gasteiger partial charge is 0.246 e. The number of hydrogen-bond donors (Lipinski definition) is 1. The highest BCUT2D eigenvalue weighted by Gasteiger charge is 2.32. The fourth-order valence-electron chi connectivity index (χ4n) is 2.05. The lowest BCUT2D eigenvalue weighted by atomic mass is 10.3. The molecule has 1 atom stereocenters. The van der Waals surface area contributed by atoms with Gasteiger partial charge in [0.1, 0.15) is 4.90 Å². The number of nitrogens with zero attached hydrogens (tertiary/aromatic N) is 3. The lowest BCUT2D eigenvalue weighted by Crippen LogP contribution is -2.45. The molecule has 1 aliphatic rings. The van der Waals surface area contributed by atoms with Gasteiger partial charge in [0.05, 0.1) is 24.9 Å². The molecule has 2 rings (SSSR count). The van der Waals surface area contributed by atoms with Gasteiger partial charge in [0, 0.05) is 25.5 Å². The van der Waals surface area contributed by atoms with E-state index < -0.39 is 16.1 Å². The molecule has 0 spiro atoms. The normalized spacial score (nSPS) is 19.9. The van der Waals surface area contributed by atoms with Crippen LogP contribution in [-0.2, 0) is 14.8 Å². The number of nitriles is 1. The minimum absolute atomic E-state index is 0.0426. The van der Waals surface area contributed by atoms with Gasteiger partial charge in [0.2, 0.25) is 10.0 Å². The molecule has 1 aromatic rings. The Kier molecular flexibility index (Phi) is 5.12. The van der Waals surface area contributed by atoms with Crippen molar-refractivity contribution in [3.8, 4) is 6.07 Å². The second-order valence-electron chi connectivity index (χ2n) is 4.65. The van der Waals surface area contributed by atoms with Gasteiger partial charge >= 0.3 is 0 Å². The number of pyridine rings is 1. The predicted octanol–water partition coefficient (Wildman–Crippen LogP) is 0.817. The number of nitrogens with one attached hydrogen (secondary N) is 1. The van der Waals surface area contributed by atoms with Crippen LogP contribution in [0, 0.1) is 11.3 Å². The highest BCUT2D eigenvalue weighted by Crippen LogP contribution is 2.25. The number of hydrogen-bond acceptors (Lipinski definition) is 6. The number of rotatable bonds is 5. The van der Waals surface area contributed by atoms with E-state index in [1.165, 1.54) is 10.5 Å². The summed E-state index contributed by atoms with van der Waals surface area (Å²) in [6, 6.07) is 3.59. The third-order valence-electron chi connectivity index (χ3n) is 3.14. The van der Waals surface area contributed by atoms with Crippen molar-refractivity contribution >= 4 is 15.7 Å². The van der Waals surface area contributed by atoms with Gasteiger partial charge in [0.15, 0.2) is 6.10 Å². The zero-order valence-electron chi connectivity index (χ0n) is 11.8. The Hall–Kier alpha value is -1.69. The molecule has 0 radical (unpaired) electrons. The van der Waals surface area contributed by atoms with E-state index in [1.807, 2.05) is 13.0 Å². The van der Waals surface area contributed by atoms with E-state index >= 15 is 0 Å². The summed E-state index contributed by atoms with van der Waals surface area (Å²) in [6.07, 6.45) is 3.05. The predicted molar refractivity (Wildman–Crippen MR) is 77.1 cm³/mol. The molecule has 1 saturated heterocycles. The van der Waals surface area contributed by atoms with Crippen LogP contribution in [0.15, 0.2) is 23.4 Å². The lowest BCUT2D eigenvalue weighted by Gasteiger charge is -2.29. The van der Waals surface area contributed by atoms with Crippen molar-refractivity contribution in [2.24, 2.45) is 0 Å². The second kappa shape index (κ2) is 6.85. The maximum absolute atomic E-state index is 12.7. The molecule has 1 N–H and O–H groups in total. The Labute approximate surface area is 124 Å². The van der Waals surface area contributed by atoms with E-state index in [2.05, 4.69) is 10.3 Å². The molecule has 1 aromatic heterocycles. The standard InChI is InChI=1S/C13H18N4O3S/c1-2-4-16-12-3-5-15-9-13(12)21(18,19)17-6-7-20-11(8-14)10-17/h3,5,9,11H,2,4,6-7,10H2,1H3,(H,15,16). The Balaban J connectivity index is 2.29. The molecule has 0 aromatic carbocycles. The molecule has 1 fully saturated rings. The Morgan fingerprint density at radius 2 is 2.43 bits per heavy atom. The van der Waals surface area contributed by atoms with Crippen molar-refractivity contribution < 1.29 is 13.2 Å². The molecule has 0 amide bonds. The molecule has 114 valence electrons. The van der Waals surface area contributed by atoms with Gasteiger partial charge in [-0.25, -0.2) is 8.42 Å². The minimum Gasteiger partial charge on any atom is -0.384 e. The molecule has 1 unspecified atom stereocenters. The van der Waals surface area contributed by atoms with Crippen molar-refractivity contribution in [1.82, 2.24) is 9.29 Å². The van der Waals surface area contributed by atoms with Gasteiger partial charge in [-0.05, 0) is 12.5 Å². The summed E-state index contributed by atoms with van der Waals surface area (Å²) in [5.41, 5.74) is 0.534. The number of anilines is 1. The van der Waals surface area contributed by atoms with Gasteiger partial charge in [-0.15, -0.1) is 0 Å². The first-order valence-electron chi connectivity index (χ1n) is 6.79. The first-order valence-corrected chi connectivity index (χ1v) is 8.23. The van der Waals surface area contributed by atoms with Crippen molar-refractivity contribution in [3.63, 3.8) is 0 Å². The van der Waals surface area contributed by atoms with Crippen LogP contribution in [0.4, 0.5) is 5.69 Å². The summed E-state index contributed by atoms with van der Waals surface area (Å²) in [7, 11) is -3.69. The van der Waals surface area contributed by atoms with Gasteiger partial charge in [-0.2, -0.15) is 9.57 Å². The van der Waals surface area contributed by atoms with Gasteiger partial charge in [-0.1, -0.05) is 6.92 Å². The van der Waals surface area contributed by atoms with Crippen LogP contribution in [0.3, 0.4) is 0 Å². The SMILES string of the molecule is CCCNc1ccncc1S(=O)(=O)N1CCOC(C#N)C1.